The zero-order chi connectivity index (χ0) is 10.6. The van der Waals surface area contributed by atoms with Crippen molar-refractivity contribution in [3.63, 3.8) is 0 Å². The molecule has 0 radical (unpaired) electrons. The fourth-order valence-corrected chi connectivity index (χ4v) is 0.387. The Morgan fingerprint density at radius 2 is 1.85 bits per heavy atom. The van der Waals surface area contributed by atoms with Crippen molar-refractivity contribution in [1.29, 1.82) is 0 Å². The Morgan fingerprint density at radius 3 is 2.15 bits per heavy atom. The zero-order valence-electron chi connectivity index (χ0n) is 6.11. The van der Waals surface area contributed by atoms with Gasteiger partial charge in [-0.3, -0.25) is 4.79 Å². The van der Waals surface area contributed by atoms with Crippen molar-refractivity contribution in [2.75, 3.05) is 6.54 Å². The van der Waals surface area contributed by atoms with Crippen molar-refractivity contribution < 1.29 is 31.9 Å². The van der Waals surface area contributed by atoms with Crippen LogP contribution in [-0.4, -0.2) is 36.3 Å². The maximum absolute atomic E-state index is 11.5. The number of alkyl halides is 5. The summed E-state index contributed by atoms with van der Waals surface area (Å²) in [5.74, 6) is -2.35. The predicted octanol–water partition coefficient (Wildman–Crippen LogP) is 0.291. The number of amides is 1. The first-order valence-corrected chi connectivity index (χ1v) is 3.06. The van der Waals surface area contributed by atoms with Gasteiger partial charge in [0.2, 0.25) is 0 Å². The molecule has 13 heavy (non-hydrogen) atoms. The maximum atomic E-state index is 11.5. The number of hydrogen-bond acceptors (Lipinski definition) is 2. The molecule has 78 valence electrons. The summed E-state index contributed by atoms with van der Waals surface area (Å²) in [7, 11) is 0. The lowest BCUT2D eigenvalue weighted by Gasteiger charge is -2.11. The highest BCUT2D eigenvalue weighted by Crippen LogP contribution is 2.14. The molecule has 2 N–H and O–H groups in total. The van der Waals surface area contributed by atoms with Gasteiger partial charge < -0.3 is 10.4 Å². The number of carbonyl (C=O) groups is 1. The van der Waals surface area contributed by atoms with E-state index in [4.69, 9.17) is 5.11 Å². The van der Waals surface area contributed by atoms with E-state index in [0.717, 1.165) is 5.32 Å². The lowest BCUT2D eigenvalue weighted by molar-refractivity contribution is -0.174. The van der Waals surface area contributed by atoms with Crippen LogP contribution >= 0.6 is 0 Å². The normalized spacial score (nSPS) is 14.4. The highest BCUT2D eigenvalue weighted by molar-refractivity contribution is 5.81. The van der Waals surface area contributed by atoms with E-state index in [1.807, 2.05) is 0 Å². The van der Waals surface area contributed by atoms with Gasteiger partial charge in [0.25, 0.3) is 6.43 Å². The van der Waals surface area contributed by atoms with Crippen LogP contribution in [0.25, 0.3) is 0 Å². The molecule has 0 heterocycles. The quantitative estimate of drug-likeness (QED) is 0.653. The Balaban J connectivity index is 3.84. The summed E-state index contributed by atoms with van der Waals surface area (Å²) >= 11 is 0. The summed E-state index contributed by atoms with van der Waals surface area (Å²) in [6, 6.07) is 0. The molecule has 1 unspecified atom stereocenters. The molecule has 0 bridgehead atoms. The van der Waals surface area contributed by atoms with Gasteiger partial charge in [-0.1, -0.05) is 0 Å². The van der Waals surface area contributed by atoms with Crippen LogP contribution in [0.2, 0.25) is 0 Å². The standard InChI is InChI=1S/C5H6F5NO2/c6-3(7)2(12)1-11-4(13)5(8,9)10/h2-3,12H,1H2,(H,11,13). The minimum absolute atomic E-state index is 1.11. The molecule has 0 spiro atoms. The van der Waals surface area contributed by atoms with Crippen LogP contribution in [0.3, 0.4) is 0 Å². The summed E-state index contributed by atoms with van der Waals surface area (Å²) in [6.45, 7) is -1.13. The largest absolute Gasteiger partial charge is 0.471 e. The van der Waals surface area contributed by atoms with Crippen LogP contribution in [-0.2, 0) is 4.79 Å². The average Bonchev–Trinajstić information content (AvgIpc) is 1.97. The Morgan fingerprint density at radius 1 is 1.38 bits per heavy atom. The molecule has 0 aromatic heterocycles. The third-order valence-electron chi connectivity index (χ3n) is 1.02. The molecule has 1 amide bonds. The molecular formula is C5H6F5NO2. The second-order valence-corrected chi connectivity index (χ2v) is 2.11. The molecule has 0 saturated heterocycles. The molecule has 0 aromatic rings. The van der Waals surface area contributed by atoms with Gasteiger partial charge in [0.1, 0.15) is 6.10 Å². The summed E-state index contributed by atoms with van der Waals surface area (Å²) in [5, 5.41) is 9.42. The van der Waals surface area contributed by atoms with E-state index in [1.165, 1.54) is 0 Å². The SMILES string of the molecule is O=C(NCC(O)C(F)F)C(F)(F)F. The smallest absolute Gasteiger partial charge is 0.385 e. The van der Waals surface area contributed by atoms with E-state index in [2.05, 4.69) is 0 Å². The lowest BCUT2D eigenvalue weighted by Crippen LogP contribution is -2.42. The monoisotopic (exact) mass is 207 g/mol. The van der Waals surface area contributed by atoms with E-state index in [-0.39, 0.29) is 0 Å². The van der Waals surface area contributed by atoms with Gasteiger partial charge in [-0.15, -0.1) is 0 Å². The van der Waals surface area contributed by atoms with E-state index in [0.29, 0.717) is 0 Å². The van der Waals surface area contributed by atoms with Gasteiger partial charge in [0.05, 0.1) is 0 Å². The number of aliphatic hydroxyl groups is 1. The molecule has 0 rings (SSSR count). The molecule has 0 aliphatic heterocycles. The van der Waals surface area contributed by atoms with Crippen LogP contribution in [0.15, 0.2) is 0 Å². The second kappa shape index (κ2) is 4.35. The van der Waals surface area contributed by atoms with Crippen LogP contribution in [0.4, 0.5) is 22.0 Å². The maximum Gasteiger partial charge on any atom is 0.471 e. The molecular weight excluding hydrogens is 201 g/mol. The number of rotatable bonds is 3. The molecule has 1 atom stereocenters. The fraction of sp³-hybridized carbons (Fsp3) is 0.800. The molecule has 0 fully saturated rings. The lowest BCUT2D eigenvalue weighted by atomic mass is 10.3. The first-order chi connectivity index (χ1) is 5.75. The van der Waals surface area contributed by atoms with E-state index in [9.17, 15) is 26.7 Å². The topological polar surface area (TPSA) is 49.3 Å². The molecule has 0 aliphatic carbocycles. The fourth-order valence-electron chi connectivity index (χ4n) is 0.387. The number of hydrogen-bond donors (Lipinski definition) is 2. The van der Waals surface area contributed by atoms with Crippen LogP contribution in [0, 0.1) is 0 Å². The first-order valence-electron chi connectivity index (χ1n) is 3.06. The molecule has 8 heteroatoms. The zero-order valence-corrected chi connectivity index (χ0v) is 6.11. The summed E-state index contributed by atoms with van der Waals surface area (Å²) in [6.07, 6.45) is -10.6. The number of halogens is 5. The molecule has 0 aromatic carbocycles. The van der Waals surface area contributed by atoms with Gasteiger partial charge in [0.15, 0.2) is 0 Å². The Bertz CT molecular complexity index is 180. The van der Waals surface area contributed by atoms with Gasteiger partial charge in [-0.25, -0.2) is 8.78 Å². The van der Waals surface area contributed by atoms with Crippen molar-refractivity contribution in [2.24, 2.45) is 0 Å². The Kier molecular flexibility index (Phi) is 4.05. The average molecular weight is 207 g/mol. The third-order valence-corrected chi connectivity index (χ3v) is 1.02. The number of aliphatic hydroxyl groups excluding tert-OH is 1. The van der Waals surface area contributed by atoms with Gasteiger partial charge in [-0.2, -0.15) is 13.2 Å². The highest BCUT2D eigenvalue weighted by atomic mass is 19.4. The van der Waals surface area contributed by atoms with Crippen molar-refractivity contribution >= 4 is 5.91 Å². The molecule has 0 saturated carbocycles. The highest BCUT2D eigenvalue weighted by Gasteiger charge is 2.38. The van der Waals surface area contributed by atoms with E-state index < -0.39 is 31.2 Å². The van der Waals surface area contributed by atoms with Gasteiger partial charge in [0, 0.05) is 6.54 Å². The van der Waals surface area contributed by atoms with Crippen LogP contribution in [0.1, 0.15) is 0 Å². The van der Waals surface area contributed by atoms with Crippen molar-refractivity contribution in [3.05, 3.63) is 0 Å². The first kappa shape index (κ1) is 12.1. The Labute approximate surface area is 69.5 Å². The number of nitrogens with one attached hydrogen (secondary N) is 1. The molecule has 3 nitrogen and oxygen atoms in total. The van der Waals surface area contributed by atoms with E-state index >= 15 is 0 Å². The summed E-state index contributed by atoms with van der Waals surface area (Å²) < 4.78 is 57.2. The van der Waals surface area contributed by atoms with Crippen LogP contribution < -0.4 is 5.32 Å². The minimum Gasteiger partial charge on any atom is -0.385 e. The van der Waals surface area contributed by atoms with Crippen molar-refractivity contribution in [2.45, 2.75) is 18.7 Å². The van der Waals surface area contributed by atoms with Crippen LogP contribution in [0.5, 0.6) is 0 Å². The number of carbonyl (C=O) groups excluding carboxylic acids is 1. The second-order valence-electron chi connectivity index (χ2n) is 2.11. The minimum atomic E-state index is -5.12. The summed E-state index contributed by atoms with van der Waals surface area (Å²) in [5.41, 5.74) is 0. The molecule has 0 aliphatic rings. The predicted molar refractivity (Wildman–Crippen MR) is 31.1 cm³/mol. The van der Waals surface area contributed by atoms with E-state index in [1.54, 1.807) is 0 Å². The summed E-state index contributed by atoms with van der Waals surface area (Å²) in [4.78, 5) is 10.00. The van der Waals surface area contributed by atoms with Crippen molar-refractivity contribution in [3.8, 4) is 0 Å². The van der Waals surface area contributed by atoms with Crippen molar-refractivity contribution in [1.82, 2.24) is 5.32 Å². The van der Waals surface area contributed by atoms with Gasteiger partial charge in [-0.05, 0) is 0 Å². The third kappa shape index (κ3) is 4.61. The van der Waals surface area contributed by atoms with Gasteiger partial charge >= 0.3 is 12.1 Å². The Hall–Kier alpha value is -0.920.